The Morgan fingerprint density at radius 1 is 1.50 bits per heavy atom. The van der Waals surface area contributed by atoms with Gasteiger partial charge in [-0.3, -0.25) is 4.79 Å². The number of rotatable bonds is 2. The summed E-state index contributed by atoms with van der Waals surface area (Å²) in [5.74, 6) is 0.184. The highest BCUT2D eigenvalue weighted by molar-refractivity contribution is 5.76. The summed E-state index contributed by atoms with van der Waals surface area (Å²) in [6.45, 7) is 2.93. The van der Waals surface area contributed by atoms with Crippen molar-refractivity contribution in [3.05, 3.63) is 0 Å². The van der Waals surface area contributed by atoms with Crippen LogP contribution in [0, 0.1) is 0 Å². The summed E-state index contributed by atoms with van der Waals surface area (Å²) >= 11 is 0. The Labute approximate surface area is 86.2 Å². The first kappa shape index (κ1) is 11.5. The van der Waals surface area contributed by atoms with Crippen LogP contribution < -0.4 is 5.32 Å². The van der Waals surface area contributed by atoms with E-state index >= 15 is 0 Å². The standard InChI is InChI=1S/C10H20N3O/c1-12(2)10(14)8-9-4-6-13(3)7-5-11-9/h9H,4-8H2,1-3H3. The lowest BCUT2D eigenvalue weighted by molar-refractivity contribution is -0.129. The second kappa shape index (κ2) is 5.32. The third kappa shape index (κ3) is 3.64. The van der Waals surface area contributed by atoms with Gasteiger partial charge in [0.05, 0.1) is 0 Å². The van der Waals surface area contributed by atoms with Crippen LogP contribution >= 0.6 is 0 Å². The van der Waals surface area contributed by atoms with Gasteiger partial charge in [-0.25, -0.2) is 5.32 Å². The molecule has 4 heteroatoms. The molecule has 1 radical (unpaired) electrons. The van der Waals surface area contributed by atoms with E-state index in [4.69, 9.17) is 0 Å². The Balaban J connectivity index is 2.33. The van der Waals surface area contributed by atoms with E-state index in [0.29, 0.717) is 6.42 Å². The summed E-state index contributed by atoms with van der Waals surface area (Å²) in [6, 6.07) is 0.231. The monoisotopic (exact) mass is 198 g/mol. The highest BCUT2D eigenvalue weighted by Gasteiger charge is 2.18. The van der Waals surface area contributed by atoms with Gasteiger partial charge in [0.1, 0.15) is 0 Å². The number of carbonyl (C=O) groups excluding carboxylic acids is 1. The molecule has 1 aliphatic heterocycles. The Morgan fingerprint density at radius 3 is 2.86 bits per heavy atom. The Morgan fingerprint density at radius 2 is 2.21 bits per heavy atom. The van der Waals surface area contributed by atoms with Gasteiger partial charge in [0.25, 0.3) is 0 Å². The zero-order valence-corrected chi connectivity index (χ0v) is 9.36. The third-order valence-electron chi connectivity index (χ3n) is 2.62. The molecule has 1 amide bonds. The minimum atomic E-state index is 0.184. The van der Waals surface area contributed by atoms with Gasteiger partial charge in [0.15, 0.2) is 0 Å². The Bertz CT molecular complexity index is 194. The lowest BCUT2D eigenvalue weighted by Gasteiger charge is -2.16. The molecule has 1 saturated heterocycles. The van der Waals surface area contributed by atoms with E-state index < -0.39 is 0 Å². The molecule has 14 heavy (non-hydrogen) atoms. The van der Waals surface area contributed by atoms with Gasteiger partial charge in [-0.05, 0) is 20.0 Å². The molecule has 0 N–H and O–H groups in total. The van der Waals surface area contributed by atoms with Crippen LogP contribution in [0.1, 0.15) is 12.8 Å². The molecule has 81 valence electrons. The van der Waals surface area contributed by atoms with Crippen molar-refractivity contribution in [1.29, 1.82) is 0 Å². The summed E-state index contributed by atoms with van der Waals surface area (Å²) in [5, 5.41) is 4.51. The van der Waals surface area contributed by atoms with E-state index in [1.807, 2.05) is 0 Å². The minimum absolute atomic E-state index is 0.184. The van der Waals surface area contributed by atoms with Crippen molar-refractivity contribution in [2.24, 2.45) is 0 Å². The van der Waals surface area contributed by atoms with Crippen LogP contribution in [-0.4, -0.2) is 62.5 Å². The van der Waals surface area contributed by atoms with E-state index in [1.54, 1.807) is 19.0 Å². The van der Waals surface area contributed by atoms with Crippen molar-refractivity contribution in [1.82, 2.24) is 15.1 Å². The number of carbonyl (C=O) groups is 1. The van der Waals surface area contributed by atoms with E-state index in [1.165, 1.54) is 0 Å². The number of likely N-dealkylation sites (N-methyl/N-ethyl adjacent to an activating group) is 1. The topological polar surface area (TPSA) is 37.7 Å². The fourth-order valence-corrected chi connectivity index (χ4v) is 1.53. The van der Waals surface area contributed by atoms with Gasteiger partial charge in [-0.2, -0.15) is 0 Å². The van der Waals surface area contributed by atoms with Gasteiger partial charge < -0.3 is 9.80 Å². The Hall–Kier alpha value is -0.610. The van der Waals surface area contributed by atoms with E-state index in [2.05, 4.69) is 17.3 Å². The summed E-state index contributed by atoms with van der Waals surface area (Å²) in [4.78, 5) is 15.4. The molecule has 1 heterocycles. The van der Waals surface area contributed by atoms with Crippen molar-refractivity contribution in [2.45, 2.75) is 18.9 Å². The smallest absolute Gasteiger partial charge is 0.223 e. The van der Waals surface area contributed by atoms with E-state index in [0.717, 1.165) is 26.1 Å². The third-order valence-corrected chi connectivity index (χ3v) is 2.62. The maximum Gasteiger partial charge on any atom is 0.223 e. The highest BCUT2D eigenvalue weighted by atomic mass is 16.2. The number of amides is 1. The van der Waals surface area contributed by atoms with Crippen molar-refractivity contribution in [3.8, 4) is 0 Å². The van der Waals surface area contributed by atoms with Gasteiger partial charge in [-0.1, -0.05) is 0 Å². The molecule has 0 spiro atoms. The molecule has 0 aromatic heterocycles. The van der Waals surface area contributed by atoms with E-state index in [-0.39, 0.29) is 11.9 Å². The van der Waals surface area contributed by atoms with Crippen molar-refractivity contribution >= 4 is 5.91 Å². The quantitative estimate of drug-likeness (QED) is 0.615. The Kier molecular flexibility index (Phi) is 4.35. The number of hydrogen-bond acceptors (Lipinski definition) is 2. The first-order valence-electron chi connectivity index (χ1n) is 5.15. The SMILES string of the molecule is CN1CC[N]C(CC(=O)N(C)C)CC1. The molecule has 1 rings (SSSR count). The summed E-state index contributed by atoms with van der Waals surface area (Å²) in [7, 11) is 5.70. The largest absolute Gasteiger partial charge is 0.349 e. The van der Waals surface area contributed by atoms with Gasteiger partial charge in [-0.15, -0.1) is 0 Å². The average Bonchev–Trinajstić information content (AvgIpc) is 2.31. The molecule has 0 saturated carbocycles. The van der Waals surface area contributed by atoms with Crippen LogP contribution in [0.15, 0.2) is 0 Å². The van der Waals surface area contributed by atoms with Gasteiger partial charge >= 0.3 is 0 Å². The molecule has 1 aliphatic rings. The highest BCUT2D eigenvalue weighted by Crippen LogP contribution is 2.06. The second-order valence-corrected chi connectivity index (χ2v) is 4.14. The molecule has 0 aliphatic carbocycles. The maximum absolute atomic E-state index is 11.5. The van der Waals surface area contributed by atoms with Crippen LogP contribution in [0.4, 0.5) is 0 Å². The fraction of sp³-hybridized carbons (Fsp3) is 0.900. The predicted molar refractivity (Wildman–Crippen MR) is 56.2 cm³/mol. The zero-order valence-electron chi connectivity index (χ0n) is 9.36. The normalized spacial score (nSPS) is 24.4. The fourth-order valence-electron chi connectivity index (χ4n) is 1.53. The van der Waals surface area contributed by atoms with Gasteiger partial charge in [0, 0.05) is 39.6 Å². The van der Waals surface area contributed by atoms with Gasteiger partial charge in [0.2, 0.25) is 5.91 Å². The molecule has 4 nitrogen and oxygen atoms in total. The lowest BCUT2D eigenvalue weighted by atomic mass is 10.1. The first-order chi connectivity index (χ1) is 6.59. The van der Waals surface area contributed by atoms with E-state index in [9.17, 15) is 4.79 Å². The van der Waals surface area contributed by atoms with Crippen LogP contribution in [0.25, 0.3) is 0 Å². The minimum Gasteiger partial charge on any atom is -0.349 e. The zero-order chi connectivity index (χ0) is 10.6. The van der Waals surface area contributed by atoms with Crippen LogP contribution in [0.5, 0.6) is 0 Å². The molecular formula is C10H20N3O. The maximum atomic E-state index is 11.5. The average molecular weight is 198 g/mol. The predicted octanol–water partition coefficient (Wildman–Crippen LogP) is -0.227. The van der Waals surface area contributed by atoms with Crippen molar-refractivity contribution in [3.63, 3.8) is 0 Å². The summed E-state index contributed by atoms with van der Waals surface area (Å²) < 4.78 is 0. The molecular weight excluding hydrogens is 178 g/mol. The first-order valence-corrected chi connectivity index (χ1v) is 5.15. The number of hydrogen-bond donors (Lipinski definition) is 0. The molecule has 0 bridgehead atoms. The molecule has 1 atom stereocenters. The molecule has 0 aromatic carbocycles. The number of nitrogens with zero attached hydrogens (tertiary/aromatic N) is 3. The second-order valence-electron chi connectivity index (χ2n) is 4.14. The van der Waals surface area contributed by atoms with Crippen LogP contribution in [-0.2, 0) is 4.79 Å². The summed E-state index contributed by atoms with van der Waals surface area (Å²) in [6.07, 6.45) is 1.58. The molecule has 1 fully saturated rings. The lowest BCUT2D eigenvalue weighted by Crippen LogP contribution is -2.31. The van der Waals surface area contributed by atoms with Crippen LogP contribution in [0.2, 0.25) is 0 Å². The molecule has 1 unspecified atom stereocenters. The summed E-state index contributed by atoms with van der Waals surface area (Å²) in [5.41, 5.74) is 0. The van der Waals surface area contributed by atoms with Crippen LogP contribution in [0.3, 0.4) is 0 Å². The van der Waals surface area contributed by atoms with Crippen molar-refractivity contribution < 1.29 is 4.79 Å². The van der Waals surface area contributed by atoms with Crippen molar-refractivity contribution in [2.75, 3.05) is 40.8 Å². The molecule has 0 aromatic rings.